The van der Waals surface area contributed by atoms with Crippen molar-refractivity contribution in [1.82, 2.24) is 19.2 Å². The molecule has 0 radical (unpaired) electrons. The summed E-state index contributed by atoms with van der Waals surface area (Å²) in [6.45, 7) is 0.380. The number of carbonyl (C=O) groups is 1. The predicted octanol–water partition coefficient (Wildman–Crippen LogP) is 3.98. The van der Waals surface area contributed by atoms with Crippen LogP contribution >= 0.6 is 11.6 Å². The van der Waals surface area contributed by atoms with E-state index in [-0.39, 0.29) is 28.6 Å². The van der Waals surface area contributed by atoms with E-state index < -0.39 is 15.9 Å². The summed E-state index contributed by atoms with van der Waals surface area (Å²) in [5.41, 5.74) is 2.73. The number of aryl methyl sites for hydroxylation is 1. The van der Waals surface area contributed by atoms with Gasteiger partial charge in [-0.1, -0.05) is 54.1 Å². The van der Waals surface area contributed by atoms with Crippen molar-refractivity contribution < 1.29 is 13.2 Å². The Labute approximate surface area is 197 Å². The number of para-hydroxylation sites is 2. The minimum atomic E-state index is -3.82. The molecule has 3 aromatic carbocycles. The number of aromatic nitrogens is 2. The maximum absolute atomic E-state index is 13.1. The zero-order valence-electron chi connectivity index (χ0n) is 18.2. The molecule has 0 atom stereocenters. The molecule has 170 valence electrons. The first kappa shape index (κ1) is 23.0. The highest BCUT2D eigenvalue weighted by atomic mass is 35.5. The van der Waals surface area contributed by atoms with Gasteiger partial charge in [0.25, 0.3) is 5.91 Å². The quantitative estimate of drug-likeness (QED) is 0.432. The second-order valence-electron chi connectivity index (χ2n) is 7.65. The van der Waals surface area contributed by atoms with Crippen LogP contribution in [0.15, 0.2) is 77.7 Å². The normalized spacial score (nSPS) is 11.8. The van der Waals surface area contributed by atoms with Gasteiger partial charge < -0.3 is 9.88 Å². The van der Waals surface area contributed by atoms with Crippen LogP contribution in [0.25, 0.3) is 11.0 Å². The summed E-state index contributed by atoms with van der Waals surface area (Å²) in [7, 11) is -0.446. The molecule has 33 heavy (non-hydrogen) atoms. The Morgan fingerprint density at radius 3 is 2.48 bits per heavy atom. The first-order valence-electron chi connectivity index (χ1n) is 10.3. The van der Waals surface area contributed by atoms with E-state index in [1.807, 2.05) is 66.2 Å². The molecule has 0 aliphatic carbocycles. The fourth-order valence-electron chi connectivity index (χ4n) is 3.55. The van der Waals surface area contributed by atoms with Gasteiger partial charge >= 0.3 is 0 Å². The molecular formula is C24H23ClN4O3S. The number of imidazole rings is 1. The average molecular weight is 483 g/mol. The Hall–Kier alpha value is -3.20. The van der Waals surface area contributed by atoms with E-state index in [0.29, 0.717) is 5.82 Å². The molecule has 0 unspecified atom stereocenters. The monoisotopic (exact) mass is 482 g/mol. The predicted molar refractivity (Wildman–Crippen MR) is 128 cm³/mol. The highest BCUT2D eigenvalue weighted by molar-refractivity contribution is 7.89. The van der Waals surface area contributed by atoms with Crippen molar-refractivity contribution in [2.75, 3.05) is 7.05 Å². The zero-order chi connectivity index (χ0) is 23.6. The van der Waals surface area contributed by atoms with Crippen LogP contribution in [0.1, 0.15) is 21.7 Å². The van der Waals surface area contributed by atoms with E-state index >= 15 is 0 Å². The van der Waals surface area contributed by atoms with E-state index in [4.69, 9.17) is 11.6 Å². The van der Waals surface area contributed by atoms with Crippen molar-refractivity contribution in [2.45, 2.75) is 18.0 Å². The van der Waals surface area contributed by atoms with E-state index in [1.165, 1.54) is 29.6 Å². The molecule has 1 amide bonds. The molecule has 9 heteroatoms. The Morgan fingerprint density at radius 2 is 1.76 bits per heavy atom. The standard InChI is InChI=1S/C24H23ClN4O3S/c1-28(16-17-8-4-3-5-9-17)33(31,32)18-12-13-20(25)19(14-18)24(30)26-15-23-27-21-10-6-7-11-22(21)29(23)2/h3-14H,15-16H2,1-2H3,(H,26,30). The summed E-state index contributed by atoms with van der Waals surface area (Å²) in [5, 5.41) is 2.96. The fraction of sp³-hybridized carbons (Fsp3) is 0.167. The molecule has 0 aliphatic rings. The maximum atomic E-state index is 13.1. The van der Waals surface area contributed by atoms with E-state index in [2.05, 4.69) is 10.3 Å². The van der Waals surface area contributed by atoms with Gasteiger partial charge in [-0.2, -0.15) is 4.31 Å². The summed E-state index contributed by atoms with van der Waals surface area (Å²) in [4.78, 5) is 17.4. The number of rotatable bonds is 7. The Kier molecular flexibility index (Phi) is 6.51. The van der Waals surface area contributed by atoms with Crippen LogP contribution in [-0.4, -0.2) is 35.2 Å². The molecule has 7 nitrogen and oxygen atoms in total. The lowest BCUT2D eigenvalue weighted by molar-refractivity contribution is 0.0949. The molecule has 4 aromatic rings. The lowest BCUT2D eigenvalue weighted by Gasteiger charge is -2.18. The first-order valence-corrected chi connectivity index (χ1v) is 12.1. The highest BCUT2D eigenvalue weighted by Gasteiger charge is 2.23. The largest absolute Gasteiger partial charge is 0.345 e. The summed E-state index contributed by atoms with van der Waals surface area (Å²) in [6, 6.07) is 21.1. The number of carbonyl (C=O) groups excluding carboxylic acids is 1. The first-order chi connectivity index (χ1) is 15.8. The fourth-order valence-corrected chi connectivity index (χ4v) is 4.94. The second kappa shape index (κ2) is 9.35. The lowest BCUT2D eigenvalue weighted by atomic mass is 10.2. The highest BCUT2D eigenvalue weighted by Crippen LogP contribution is 2.24. The zero-order valence-corrected chi connectivity index (χ0v) is 19.8. The van der Waals surface area contributed by atoms with Crippen molar-refractivity contribution in [2.24, 2.45) is 7.05 Å². The topological polar surface area (TPSA) is 84.3 Å². The number of benzene rings is 3. The molecule has 1 aromatic heterocycles. The summed E-state index contributed by atoms with van der Waals surface area (Å²) in [5.74, 6) is 0.196. The van der Waals surface area contributed by atoms with Gasteiger partial charge in [0, 0.05) is 20.6 Å². The third-order valence-electron chi connectivity index (χ3n) is 5.43. The van der Waals surface area contributed by atoms with Crippen LogP contribution in [0.4, 0.5) is 0 Å². The van der Waals surface area contributed by atoms with Crippen molar-refractivity contribution >= 4 is 38.6 Å². The third kappa shape index (κ3) is 4.78. The number of fused-ring (bicyclic) bond motifs is 1. The molecule has 0 saturated carbocycles. The van der Waals surface area contributed by atoms with Gasteiger partial charge in [-0.15, -0.1) is 0 Å². The molecular weight excluding hydrogens is 460 g/mol. The Bertz CT molecular complexity index is 1420. The summed E-state index contributed by atoms with van der Waals surface area (Å²) < 4.78 is 29.3. The minimum absolute atomic E-state index is 0.00166. The molecule has 0 spiro atoms. The van der Waals surface area contributed by atoms with E-state index in [1.54, 1.807) is 0 Å². The van der Waals surface area contributed by atoms with Crippen LogP contribution in [0.2, 0.25) is 5.02 Å². The van der Waals surface area contributed by atoms with Gasteiger partial charge in [-0.3, -0.25) is 4.79 Å². The van der Waals surface area contributed by atoms with Gasteiger partial charge in [0.05, 0.1) is 33.1 Å². The van der Waals surface area contributed by atoms with Gasteiger partial charge in [-0.05, 0) is 35.9 Å². The van der Waals surface area contributed by atoms with Crippen molar-refractivity contribution in [1.29, 1.82) is 0 Å². The van der Waals surface area contributed by atoms with Crippen LogP contribution < -0.4 is 5.32 Å². The number of halogens is 1. The van der Waals surface area contributed by atoms with Crippen molar-refractivity contribution in [3.8, 4) is 0 Å². The van der Waals surface area contributed by atoms with E-state index in [9.17, 15) is 13.2 Å². The van der Waals surface area contributed by atoms with Gasteiger partial charge in [0.2, 0.25) is 10.0 Å². The molecule has 4 rings (SSSR count). The molecule has 1 N–H and O–H groups in total. The number of hydrogen-bond acceptors (Lipinski definition) is 4. The lowest BCUT2D eigenvalue weighted by Crippen LogP contribution is -2.28. The number of amides is 1. The third-order valence-corrected chi connectivity index (χ3v) is 7.55. The van der Waals surface area contributed by atoms with Crippen LogP contribution in [0.3, 0.4) is 0 Å². The van der Waals surface area contributed by atoms with Gasteiger partial charge in [0.1, 0.15) is 5.82 Å². The summed E-state index contributed by atoms with van der Waals surface area (Å²) >= 11 is 6.24. The molecule has 0 aliphatic heterocycles. The van der Waals surface area contributed by atoms with Gasteiger partial charge in [0.15, 0.2) is 0 Å². The number of nitrogens with one attached hydrogen (secondary N) is 1. The van der Waals surface area contributed by atoms with E-state index in [0.717, 1.165) is 16.6 Å². The van der Waals surface area contributed by atoms with Crippen LogP contribution in [0, 0.1) is 0 Å². The van der Waals surface area contributed by atoms with Gasteiger partial charge in [-0.25, -0.2) is 13.4 Å². The summed E-state index contributed by atoms with van der Waals surface area (Å²) in [6.07, 6.45) is 0. The molecule has 0 bridgehead atoms. The van der Waals surface area contributed by atoms with Crippen molar-refractivity contribution in [3.05, 3.63) is 94.8 Å². The molecule has 0 saturated heterocycles. The smallest absolute Gasteiger partial charge is 0.253 e. The number of hydrogen-bond donors (Lipinski definition) is 1. The number of nitrogens with zero attached hydrogens (tertiary/aromatic N) is 3. The van der Waals surface area contributed by atoms with Crippen molar-refractivity contribution in [3.63, 3.8) is 0 Å². The molecule has 0 fully saturated rings. The van der Waals surface area contributed by atoms with Crippen LogP contribution in [0.5, 0.6) is 0 Å². The maximum Gasteiger partial charge on any atom is 0.253 e. The molecule has 1 heterocycles. The SMILES string of the molecule is CN(Cc1ccccc1)S(=O)(=O)c1ccc(Cl)c(C(=O)NCc2nc3ccccc3n2C)c1. The minimum Gasteiger partial charge on any atom is -0.345 e. The average Bonchev–Trinajstić information content (AvgIpc) is 3.14. The van der Waals surface area contributed by atoms with Crippen LogP contribution in [-0.2, 0) is 30.2 Å². The number of sulfonamides is 1. The Morgan fingerprint density at radius 1 is 1.06 bits per heavy atom. The second-order valence-corrected chi connectivity index (χ2v) is 10.1. The Balaban J connectivity index is 1.53.